The van der Waals surface area contributed by atoms with E-state index in [9.17, 15) is 9.00 Å². The minimum Gasteiger partial charge on any atom is -0.351 e. The van der Waals surface area contributed by atoms with Crippen LogP contribution in [0.5, 0.6) is 0 Å². The highest BCUT2D eigenvalue weighted by molar-refractivity contribution is 7.84. The van der Waals surface area contributed by atoms with Crippen molar-refractivity contribution < 1.29 is 9.00 Å². The SMILES string of the molecule is CCS(=O)CCNC(=O)c1ccc(CCN)cc1. The van der Waals surface area contributed by atoms with Crippen LogP contribution in [-0.4, -0.2) is 34.7 Å². The van der Waals surface area contributed by atoms with E-state index in [1.54, 1.807) is 12.1 Å². The van der Waals surface area contributed by atoms with Crippen LogP contribution in [0.1, 0.15) is 22.8 Å². The van der Waals surface area contributed by atoms with Gasteiger partial charge in [0.25, 0.3) is 5.91 Å². The van der Waals surface area contributed by atoms with E-state index in [0.717, 1.165) is 12.0 Å². The molecule has 3 N–H and O–H groups in total. The molecule has 1 unspecified atom stereocenters. The van der Waals surface area contributed by atoms with Gasteiger partial charge in [-0.25, -0.2) is 0 Å². The maximum Gasteiger partial charge on any atom is 0.251 e. The molecule has 0 heterocycles. The molecule has 0 fully saturated rings. The van der Waals surface area contributed by atoms with Crippen LogP contribution in [0.25, 0.3) is 0 Å². The smallest absolute Gasteiger partial charge is 0.251 e. The topological polar surface area (TPSA) is 72.2 Å². The van der Waals surface area contributed by atoms with Gasteiger partial charge in [-0.15, -0.1) is 0 Å². The summed E-state index contributed by atoms with van der Waals surface area (Å²) in [6.07, 6.45) is 0.817. The van der Waals surface area contributed by atoms with E-state index in [2.05, 4.69) is 5.32 Å². The lowest BCUT2D eigenvalue weighted by Gasteiger charge is -2.05. The average Bonchev–Trinajstić information content (AvgIpc) is 2.39. The van der Waals surface area contributed by atoms with Crippen molar-refractivity contribution in [3.63, 3.8) is 0 Å². The molecule has 1 aromatic rings. The van der Waals surface area contributed by atoms with Crippen molar-refractivity contribution in [3.05, 3.63) is 35.4 Å². The van der Waals surface area contributed by atoms with Crippen LogP contribution in [0.3, 0.4) is 0 Å². The summed E-state index contributed by atoms with van der Waals surface area (Å²) in [6.45, 7) is 2.92. The molecule has 18 heavy (non-hydrogen) atoms. The summed E-state index contributed by atoms with van der Waals surface area (Å²) in [6, 6.07) is 7.40. The van der Waals surface area contributed by atoms with Crippen molar-refractivity contribution in [2.75, 3.05) is 24.6 Å². The molecule has 0 aromatic heterocycles. The first-order chi connectivity index (χ1) is 8.67. The van der Waals surface area contributed by atoms with Crippen molar-refractivity contribution in [1.29, 1.82) is 0 Å². The fourth-order valence-corrected chi connectivity index (χ4v) is 2.13. The lowest BCUT2D eigenvalue weighted by Crippen LogP contribution is -2.28. The minimum atomic E-state index is -0.835. The highest BCUT2D eigenvalue weighted by Crippen LogP contribution is 2.04. The van der Waals surface area contributed by atoms with Crippen molar-refractivity contribution >= 4 is 16.7 Å². The van der Waals surface area contributed by atoms with E-state index in [-0.39, 0.29) is 5.91 Å². The monoisotopic (exact) mass is 268 g/mol. The van der Waals surface area contributed by atoms with Gasteiger partial charge in [0.05, 0.1) is 0 Å². The molecule has 0 radical (unpaired) electrons. The molecule has 0 aliphatic rings. The van der Waals surface area contributed by atoms with Crippen LogP contribution < -0.4 is 11.1 Å². The number of amides is 1. The molecule has 0 saturated heterocycles. The van der Waals surface area contributed by atoms with Crippen molar-refractivity contribution in [2.45, 2.75) is 13.3 Å². The van der Waals surface area contributed by atoms with Gasteiger partial charge in [0.1, 0.15) is 0 Å². The fourth-order valence-electron chi connectivity index (χ4n) is 1.51. The van der Waals surface area contributed by atoms with E-state index in [4.69, 9.17) is 5.73 Å². The molecule has 0 saturated carbocycles. The molecule has 1 rings (SSSR count). The van der Waals surface area contributed by atoms with Crippen LogP contribution in [0.4, 0.5) is 0 Å². The van der Waals surface area contributed by atoms with Crippen LogP contribution in [0.15, 0.2) is 24.3 Å². The standard InChI is InChI=1S/C13H20N2O2S/c1-2-18(17)10-9-15-13(16)12-5-3-11(4-6-12)7-8-14/h3-6H,2,7-10,14H2,1H3,(H,15,16). The van der Waals surface area contributed by atoms with Gasteiger partial charge in [-0.2, -0.15) is 0 Å². The number of benzene rings is 1. The van der Waals surface area contributed by atoms with Crippen LogP contribution in [-0.2, 0) is 17.2 Å². The summed E-state index contributed by atoms with van der Waals surface area (Å²) in [7, 11) is -0.835. The Labute approximate surface area is 110 Å². The summed E-state index contributed by atoms with van der Waals surface area (Å²) in [5.41, 5.74) is 7.21. The maximum absolute atomic E-state index is 11.7. The van der Waals surface area contributed by atoms with E-state index >= 15 is 0 Å². The largest absolute Gasteiger partial charge is 0.351 e. The molecule has 0 spiro atoms. The summed E-state index contributed by atoms with van der Waals surface area (Å²) < 4.78 is 11.2. The third kappa shape index (κ3) is 4.98. The Hall–Kier alpha value is -1.20. The second kappa shape index (κ2) is 8.00. The zero-order chi connectivity index (χ0) is 13.4. The molecule has 0 bridgehead atoms. The first kappa shape index (κ1) is 14.9. The van der Waals surface area contributed by atoms with Crippen LogP contribution in [0.2, 0.25) is 0 Å². The van der Waals surface area contributed by atoms with Crippen molar-refractivity contribution in [3.8, 4) is 0 Å². The predicted octanol–water partition coefficient (Wildman–Crippen LogP) is 0.686. The summed E-state index contributed by atoms with van der Waals surface area (Å²) >= 11 is 0. The Balaban J connectivity index is 2.44. The molecular formula is C13H20N2O2S. The number of hydrogen-bond acceptors (Lipinski definition) is 3. The Morgan fingerprint density at radius 3 is 2.56 bits per heavy atom. The van der Waals surface area contributed by atoms with Crippen molar-refractivity contribution in [1.82, 2.24) is 5.32 Å². The molecule has 1 amide bonds. The molecule has 0 aliphatic heterocycles. The first-order valence-corrected chi connectivity index (χ1v) is 7.58. The molecule has 4 nitrogen and oxygen atoms in total. The number of nitrogens with one attached hydrogen (secondary N) is 1. The number of carbonyl (C=O) groups is 1. The highest BCUT2D eigenvalue weighted by Gasteiger charge is 2.05. The molecule has 1 atom stereocenters. The second-order valence-electron chi connectivity index (χ2n) is 3.92. The lowest BCUT2D eigenvalue weighted by atomic mass is 10.1. The van der Waals surface area contributed by atoms with Crippen molar-refractivity contribution in [2.24, 2.45) is 5.73 Å². The average molecular weight is 268 g/mol. The number of carbonyl (C=O) groups excluding carboxylic acids is 1. The van der Waals surface area contributed by atoms with E-state index in [0.29, 0.717) is 30.2 Å². The third-order valence-corrected chi connectivity index (χ3v) is 3.89. The van der Waals surface area contributed by atoms with Gasteiger partial charge < -0.3 is 11.1 Å². The Kier molecular flexibility index (Phi) is 6.60. The van der Waals surface area contributed by atoms with E-state index < -0.39 is 10.8 Å². The Bertz CT molecular complexity index is 404. The third-order valence-electron chi connectivity index (χ3n) is 2.59. The van der Waals surface area contributed by atoms with E-state index in [1.807, 2.05) is 19.1 Å². The highest BCUT2D eigenvalue weighted by atomic mass is 32.2. The maximum atomic E-state index is 11.7. The molecule has 100 valence electrons. The number of nitrogens with two attached hydrogens (primary N) is 1. The van der Waals surface area contributed by atoms with Crippen LogP contribution in [0, 0.1) is 0 Å². The lowest BCUT2D eigenvalue weighted by molar-refractivity contribution is 0.0956. The number of hydrogen-bond donors (Lipinski definition) is 2. The van der Waals surface area contributed by atoms with Crippen LogP contribution >= 0.6 is 0 Å². The second-order valence-corrected chi connectivity index (χ2v) is 5.79. The molecule has 1 aromatic carbocycles. The van der Waals surface area contributed by atoms with Gasteiger partial charge in [0.2, 0.25) is 0 Å². The minimum absolute atomic E-state index is 0.123. The Morgan fingerprint density at radius 2 is 2.00 bits per heavy atom. The summed E-state index contributed by atoms with van der Waals surface area (Å²) in [5, 5.41) is 2.76. The number of rotatable bonds is 7. The summed E-state index contributed by atoms with van der Waals surface area (Å²) in [5.74, 6) is 1.01. The zero-order valence-electron chi connectivity index (χ0n) is 10.6. The van der Waals surface area contributed by atoms with Gasteiger partial charge >= 0.3 is 0 Å². The quantitative estimate of drug-likeness (QED) is 0.764. The predicted molar refractivity (Wildman–Crippen MR) is 75.1 cm³/mol. The molecule has 0 aliphatic carbocycles. The van der Waals surface area contributed by atoms with Gasteiger partial charge in [-0.3, -0.25) is 9.00 Å². The summed E-state index contributed by atoms with van der Waals surface area (Å²) in [4.78, 5) is 11.7. The van der Waals surface area contributed by atoms with Gasteiger partial charge in [-0.05, 0) is 30.7 Å². The van der Waals surface area contributed by atoms with Gasteiger partial charge in [0, 0.05) is 34.4 Å². The zero-order valence-corrected chi connectivity index (χ0v) is 11.5. The molecule has 5 heteroatoms. The van der Waals surface area contributed by atoms with Gasteiger partial charge in [0.15, 0.2) is 0 Å². The van der Waals surface area contributed by atoms with E-state index in [1.165, 1.54) is 0 Å². The first-order valence-electron chi connectivity index (χ1n) is 6.09. The normalized spacial score (nSPS) is 12.1. The molecular weight excluding hydrogens is 248 g/mol. The Morgan fingerprint density at radius 1 is 1.33 bits per heavy atom. The van der Waals surface area contributed by atoms with Gasteiger partial charge in [-0.1, -0.05) is 19.1 Å². The fraction of sp³-hybridized carbons (Fsp3) is 0.462.